The molecule has 0 aromatic carbocycles. The first kappa shape index (κ1) is 45.2. The van der Waals surface area contributed by atoms with E-state index in [0.29, 0.717) is 38.8 Å². The van der Waals surface area contributed by atoms with Crippen molar-refractivity contribution in [3.8, 4) is 0 Å². The summed E-state index contributed by atoms with van der Waals surface area (Å²) in [5.41, 5.74) is 27.6. The first-order valence-electron chi connectivity index (χ1n) is 16.6. The minimum absolute atomic E-state index is 0.00346. The maximum Gasteiger partial charge on any atom is 0.326 e. The number of carbonyl (C=O) groups is 6. The minimum Gasteiger partial charge on any atom is -0.481 e. The quantitative estimate of drug-likeness (QED) is 0.0208. The molecule has 21 heteroatoms. The Kier molecular flexibility index (Phi) is 23.7. The van der Waals surface area contributed by atoms with E-state index in [9.17, 15) is 33.9 Å². The summed E-state index contributed by atoms with van der Waals surface area (Å²) < 4.78 is 0. The second-order valence-corrected chi connectivity index (χ2v) is 11.7. The minimum atomic E-state index is -1.27. The Hall–Kier alpha value is -4.76. The highest BCUT2D eigenvalue weighted by Gasteiger charge is 2.31. The fourth-order valence-electron chi connectivity index (χ4n) is 4.61. The van der Waals surface area contributed by atoms with Crippen LogP contribution in [0.2, 0.25) is 0 Å². The predicted molar refractivity (Wildman–Crippen MR) is 184 cm³/mol. The lowest BCUT2D eigenvalue weighted by atomic mass is 10.0. The molecule has 0 fully saturated rings. The molecule has 0 aliphatic carbocycles. The number of guanidine groups is 2. The fraction of sp³-hybridized carbons (Fsp3) is 0.724. The molecule has 0 aliphatic heterocycles. The molecule has 21 nitrogen and oxygen atoms in total. The number of carboxylic acids is 2. The average molecular weight is 716 g/mol. The zero-order valence-corrected chi connectivity index (χ0v) is 28.4. The Morgan fingerprint density at radius 1 is 0.540 bits per heavy atom. The molecule has 0 saturated carbocycles. The Labute approximate surface area is 291 Å². The molecular weight excluding hydrogens is 658 g/mol. The summed E-state index contributed by atoms with van der Waals surface area (Å²) in [5.74, 6) is -6.13. The molecule has 0 heterocycles. The van der Waals surface area contributed by atoms with E-state index in [1.54, 1.807) is 0 Å². The number of carbonyl (C=O) groups excluding carboxylic acids is 4. The first-order valence-corrected chi connectivity index (χ1v) is 16.6. The molecule has 50 heavy (non-hydrogen) atoms. The number of nitrogens with one attached hydrogen (secondary N) is 8. The molecule has 5 atom stereocenters. The highest BCUT2D eigenvalue weighted by atomic mass is 16.4. The van der Waals surface area contributed by atoms with Crippen LogP contribution in [-0.4, -0.2) is 114 Å². The van der Waals surface area contributed by atoms with Gasteiger partial charge in [0.2, 0.25) is 23.6 Å². The third-order valence-corrected chi connectivity index (χ3v) is 7.38. The average Bonchev–Trinajstić information content (AvgIpc) is 3.04. The van der Waals surface area contributed by atoms with E-state index in [4.69, 9.17) is 44.6 Å². The molecule has 0 bridgehead atoms. The van der Waals surface area contributed by atoms with Crippen molar-refractivity contribution in [3.63, 3.8) is 0 Å². The lowest BCUT2D eigenvalue weighted by Gasteiger charge is -2.27. The van der Waals surface area contributed by atoms with E-state index in [-0.39, 0.29) is 76.4 Å². The summed E-state index contributed by atoms with van der Waals surface area (Å²) in [5, 5.41) is 48.6. The molecule has 0 aliphatic rings. The summed E-state index contributed by atoms with van der Waals surface area (Å²) in [4.78, 5) is 76.0. The Morgan fingerprint density at radius 3 is 1.26 bits per heavy atom. The van der Waals surface area contributed by atoms with Gasteiger partial charge in [0.25, 0.3) is 0 Å². The van der Waals surface area contributed by atoms with E-state index >= 15 is 0 Å². The largest absolute Gasteiger partial charge is 0.481 e. The van der Waals surface area contributed by atoms with Gasteiger partial charge < -0.3 is 70.8 Å². The normalized spacial score (nSPS) is 13.7. The molecule has 20 N–H and O–H groups in total. The third kappa shape index (κ3) is 21.3. The Morgan fingerprint density at radius 2 is 0.900 bits per heavy atom. The van der Waals surface area contributed by atoms with Crippen LogP contribution in [0.3, 0.4) is 0 Å². The van der Waals surface area contributed by atoms with Crippen LogP contribution in [0.15, 0.2) is 0 Å². The molecule has 286 valence electrons. The van der Waals surface area contributed by atoms with Gasteiger partial charge in [0.15, 0.2) is 11.9 Å². The number of unbranched alkanes of at least 4 members (excludes halogenated alkanes) is 2. The maximum absolute atomic E-state index is 13.7. The Bertz CT molecular complexity index is 1130. The predicted octanol–water partition coefficient (Wildman–Crippen LogP) is -4.01. The van der Waals surface area contributed by atoms with Gasteiger partial charge in [-0.05, 0) is 83.7 Å². The number of carboxylic acid groups (broad SMARTS) is 2. The van der Waals surface area contributed by atoms with Gasteiger partial charge in [0.05, 0.1) is 6.04 Å². The van der Waals surface area contributed by atoms with Crippen molar-refractivity contribution in [1.29, 1.82) is 10.8 Å². The van der Waals surface area contributed by atoms with Crippen LogP contribution < -0.4 is 60.6 Å². The monoisotopic (exact) mass is 715 g/mol. The highest BCUT2D eigenvalue weighted by molar-refractivity contribution is 5.95. The van der Waals surface area contributed by atoms with Gasteiger partial charge in [0.1, 0.15) is 24.2 Å². The van der Waals surface area contributed by atoms with Crippen molar-refractivity contribution in [2.75, 3.05) is 26.2 Å². The van der Waals surface area contributed by atoms with Gasteiger partial charge in [-0.1, -0.05) is 0 Å². The molecule has 4 amide bonds. The van der Waals surface area contributed by atoms with Crippen LogP contribution in [-0.2, 0) is 28.8 Å². The number of hydrogen-bond donors (Lipinski definition) is 15. The number of rotatable bonds is 28. The summed E-state index contributed by atoms with van der Waals surface area (Å²) in [6.45, 7) is 0.985. The fourth-order valence-corrected chi connectivity index (χ4v) is 4.61. The van der Waals surface area contributed by atoms with Crippen molar-refractivity contribution < 1.29 is 39.0 Å². The molecule has 0 unspecified atom stereocenters. The second-order valence-electron chi connectivity index (χ2n) is 11.7. The van der Waals surface area contributed by atoms with E-state index in [2.05, 4.69) is 31.9 Å². The zero-order chi connectivity index (χ0) is 38.1. The van der Waals surface area contributed by atoms with Crippen molar-refractivity contribution in [3.05, 3.63) is 0 Å². The van der Waals surface area contributed by atoms with Gasteiger partial charge >= 0.3 is 11.9 Å². The summed E-state index contributed by atoms with van der Waals surface area (Å²) in [6.07, 6.45) is 2.06. The SMILES string of the molecule is N=C(N)NCCC[C@H](NC(=O)[C@H](CCCNC(=N)N)NC(=O)[C@H](CCCCN)NC(=O)[C@@H](N)CCC(=O)O)C(=O)N[C@@H](CCCCN)C(=O)O. The van der Waals surface area contributed by atoms with Gasteiger partial charge in [0, 0.05) is 19.5 Å². The lowest BCUT2D eigenvalue weighted by molar-refractivity contribution is -0.142. The van der Waals surface area contributed by atoms with Crippen LogP contribution in [0.25, 0.3) is 0 Å². The molecule has 0 aromatic rings. The van der Waals surface area contributed by atoms with E-state index < -0.39 is 65.8 Å². The summed E-state index contributed by atoms with van der Waals surface area (Å²) >= 11 is 0. The van der Waals surface area contributed by atoms with Crippen LogP contribution in [0.5, 0.6) is 0 Å². The van der Waals surface area contributed by atoms with Gasteiger partial charge in [-0.2, -0.15) is 0 Å². The highest BCUT2D eigenvalue weighted by Crippen LogP contribution is 2.08. The van der Waals surface area contributed by atoms with Crippen molar-refractivity contribution >= 4 is 47.5 Å². The molecular formula is C29H57N13O8. The van der Waals surface area contributed by atoms with E-state index in [1.807, 2.05) is 0 Å². The number of nitrogens with two attached hydrogens (primary N) is 5. The molecule has 0 spiro atoms. The number of hydrogen-bond acceptors (Lipinski definition) is 11. The second kappa shape index (κ2) is 26.2. The third-order valence-electron chi connectivity index (χ3n) is 7.38. The zero-order valence-electron chi connectivity index (χ0n) is 28.4. The number of aliphatic carboxylic acids is 2. The lowest BCUT2D eigenvalue weighted by Crippen LogP contribution is -2.58. The van der Waals surface area contributed by atoms with E-state index in [1.165, 1.54) is 0 Å². The summed E-state index contributed by atoms with van der Waals surface area (Å²) in [6, 6.07) is -6.16. The van der Waals surface area contributed by atoms with Crippen molar-refractivity contribution in [2.24, 2.45) is 28.7 Å². The van der Waals surface area contributed by atoms with Crippen LogP contribution >= 0.6 is 0 Å². The first-order chi connectivity index (χ1) is 23.6. The molecule has 0 aromatic heterocycles. The molecule has 0 saturated heterocycles. The number of amides is 4. The van der Waals surface area contributed by atoms with Crippen LogP contribution in [0.4, 0.5) is 0 Å². The van der Waals surface area contributed by atoms with Crippen LogP contribution in [0.1, 0.15) is 77.0 Å². The topological polar surface area (TPSA) is 393 Å². The van der Waals surface area contributed by atoms with Gasteiger partial charge in [-0.15, -0.1) is 0 Å². The van der Waals surface area contributed by atoms with E-state index in [0.717, 1.165) is 0 Å². The van der Waals surface area contributed by atoms with Gasteiger partial charge in [-0.25, -0.2) is 4.79 Å². The molecule has 0 radical (unpaired) electrons. The van der Waals surface area contributed by atoms with Crippen LogP contribution in [0, 0.1) is 10.8 Å². The Balaban J connectivity index is 6.14. The van der Waals surface area contributed by atoms with Crippen molar-refractivity contribution in [1.82, 2.24) is 31.9 Å². The summed E-state index contributed by atoms with van der Waals surface area (Å²) in [7, 11) is 0. The smallest absolute Gasteiger partial charge is 0.326 e. The molecule has 0 rings (SSSR count). The maximum atomic E-state index is 13.7. The van der Waals surface area contributed by atoms with Crippen molar-refractivity contribution in [2.45, 2.75) is 107 Å². The van der Waals surface area contributed by atoms with Gasteiger partial charge in [-0.3, -0.25) is 34.8 Å². The standard InChI is InChI=1S/C29H57N13O8/c30-13-3-1-7-18(39-23(45)17(32)11-12-22(43)44)24(46)40-19(9-5-15-37-28(33)34)25(47)41-20(10-6-16-38-29(35)36)26(48)42-21(27(49)50)8-2-4-14-31/h17-21H,1-16,30-32H2,(H,39,45)(H,40,46)(H,41,47)(H,42,48)(H,43,44)(H,49,50)(H4,33,34,37)(H4,35,36,38)/t17-,18-,19-,20-,21-/m0/s1.